The molecule has 0 aromatic heterocycles. The van der Waals surface area contributed by atoms with Gasteiger partial charge in [0.25, 0.3) is 0 Å². The Morgan fingerprint density at radius 3 is 2.48 bits per heavy atom. The Morgan fingerprint density at radius 1 is 1.24 bits per heavy atom. The number of alkyl carbamates (subject to hydrolysis) is 1. The van der Waals surface area contributed by atoms with Gasteiger partial charge in [0.2, 0.25) is 0 Å². The summed E-state index contributed by atoms with van der Waals surface area (Å²) in [6.45, 7) is 9.41. The van der Waals surface area contributed by atoms with Gasteiger partial charge >= 0.3 is 6.09 Å². The number of benzene rings is 1. The van der Waals surface area contributed by atoms with Gasteiger partial charge in [0.15, 0.2) is 0 Å². The van der Waals surface area contributed by atoms with E-state index in [2.05, 4.69) is 17.6 Å². The molecule has 0 fully saturated rings. The fourth-order valence-corrected chi connectivity index (χ4v) is 1.94. The molecule has 0 aliphatic carbocycles. The Kier molecular flexibility index (Phi) is 7.23. The fourth-order valence-electron chi connectivity index (χ4n) is 1.94. The van der Waals surface area contributed by atoms with Crippen LogP contribution >= 0.6 is 0 Å². The van der Waals surface area contributed by atoms with Crippen LogP contribution in [0.15, 0.2) is 30.3 Å². The first-order valence-electron chi connectivity index (χ1n) is 7.67. The van der Waals surface area contributed by atoms with Crippen LogP contribution in [0.3, 0.4) is 0 Å². The molecule has 0 saturated carbocycles. The zero-order valence-electron chi connectivity index (χ0n) is 13.6. The predicted molar refractivity (Wildman–Crippen MR) is 86.3 cm³/mol. The number of unbranched alkanes of at least 4 members (excludes halogenated alkanes) is 1. The number of carbonyl (C=O) groups excluding carboxylic acids is 1. The van der Waals surface area contributed by atoms with E-state index < -0.39 is 5.60 Å². The molecule has 1 aromatic carbocycles. The molecule has 1 amide bonds. The Morgan fingerprint density at radius 2 is 1.90 bits per heavy atom. The van der Waals surface area contributed by atoms with Crippen molar-refractivity contribution < 1.29 is 9.53 Å². The van der Waals surface area contributed by atoms with Gasteiger partial charge in [-0.3, -0.25) is 0 Å². The lowest BCUT2D eigenvalue weighted by Crippen LogP contribution is -2.39. The molecule has 0 saturated heterocycles. The molecule has 4 nitrogen and oxygen atoms in total. The summed E-state index contributed by atoms with van der Waals surface area (Å²) in [5.74, 6) is 0. The Hall–Kier alpha value is -1.55. The van der Waals surface area contributed by atoms with Crippen molar-refractivity contribution in [2.75, 3.05) is 13.1 Å². The first-order valence-corrected chi connectivity index (χ1v) is 7.67. The molecule has 4 heteroatoms. The number of amides is 1. The van der Waals surface area contributed by atoms with Crippen LogP contribution in [0, 0.1) is 0 Å². The van der Waals surface area contributed by atoms with Crippen LogP contribution in [0.2, 0.25) is 0 Å². The molecule has 1 atom stereocenters. The van der Waals surface area contributed by atoms with Crippen molar-refractivity contribution >= 4 is 6.09 Å². The minimum atomic E-state index is -0.485. The molecular weight excluding hydrogens is 264 g/mol. The van der Waals surface area contributed by atoms with Gasteiger partial charge < -0.3 is 15.4 Å². The van der Waals surface area contributed by atoms with Crippen LogP contribution < -0.4 is 10.6 Å². The third-order valence-corrected chi connectivity index (χ3v) is 2.95. The van der Waals surface area contributed by atoms with E-state index in [0.717, 1.165) is 24.9 Å². The maximum Gasteiger partial charge on any atom is 0.408 e. The van der Waals surface area contributed by atoms with Gasteiger partial charge in [-0.2, -0.15) is 0 Å². The molecule has 1 unspecified atom stereocenters. The summed E-state index contributed by atoms with van der Waals surface area (Å²) >= 11 is 0. The standard InChI is InChI=1S/C17H28N2O2/c1-5-6-12-18-13-15(14-10-8-7-9-11-14)19-16(20)21-17(2,3)4/h7-11,15,18H,5-6,12-13H2,1-4H3,(H,19,20). The lowest BCUT2D eigenvalue weighted by Gasteiger charge is -2.24. The van der Waals surface area contributed by atoms with Crippen molar-refractivity contribution in [3.63, 3.8) is 0 Å². The van der Waals surface area contributed by atoms with Crippen molar-refractivity contribution in [1.82, 2.24) is 10.6 Å². The van der Waals surface area contributed by atoms with Crippen molar-refractivity contribution in [3.05, 3.63) is 35.9 Å². The van der Waals surface area contributed by atoms with E-state index in [1.807, 2.05) is 51.1 Å². The summed E-state index contributed by atoms with van der Waals surface area (Å²) in [4.78, 5) is 12.0. The number of nitrogens with one attached hydrogen (secondary N) is 2. The van der Waals surface area contributed by atoms with Crippen molar-refractivity contribution in [2.24, 2.45) is 0 Å². The van der Waals surface area contributed by atoms with Gasteiger partial charge in [0.05, 0.1) is 6.04 Å². The average Bonchev–Trinajstić information content (AvgIpc) is 2.41. The van der Waals surface area contributed by atoms with Gasteiger partial charge in [-0.15, -0.1) is 0 Å². The van der Waals surface area contributed by atoms with E-state index in [1.54, 1.807) is 0 Å². The number of hydrogen-bond acceptors (Lipinski definition) is 3. The Bertz CT molecular complexity index is 413. The molecule has 0 aliphatic heterocycles. The maximum absolute atomic E-state index is 12.0. The largest absolute Gasteiger partial charge is 0.444 e. The Labute approximate surface area is 128 Å². The summed E-state index contributed by atoms with van der Waals surface area (Å²) in [7, 11) is 0. The molecule has 2 N–H and O–H groups in total. The highest BCUT2D eigenvalue weighted by molar-refractivity contribution is 5.68. The second-order valence-corrected chi connectivity index (χ2v) is 6.17. The van der Waals surface area contributed by atoms with Gasteiger partial charge in [-0.1, -0.05) is 43.7 Å². The quantitative estimate of drug-likeness (QED) is 0.754. The molecule has 118 valence electrons. The third-order valence-electron chi connectivity index (χ3n) is 2.95. The fraction of sp³-hybridized carbons (Fsp3) is 0.588. The molecule has 0 aliphatic rings. The van der Waals surface area contributed by atoms with Crippen LogP contribution in [0.4, 0.5) is 4.79 Å². The summed E-state index contributed by atoms with van der Waals surface area (Å²) in [5.41, 5.74) is 0.591. The van der Waals surface area contributed by atoms with E-state index >= 15 is 0 Å². The first-order chi connectivity index (χ1) is 9.92. The maximum atomic E-state index is 12.0. The molecule has 0 heterocycles. The smallest absolute Gasteiger partial charge is 0.408 e. The summed E-state index contributed by atoms with van der Waals surface area (Å²) in [5, 5.41) is 6.33. The first kappa shape index (κ1) is 17.5. The summed E-state index contributed by atoms with van der Waals surface area (Å²) < 4.78 is 5.34. The average molecular weight is 292 g/mol. The number of ether oxygens (including phenoxy) is 1. The highest BCUT2D eigenvalue weighted by Gasteiger charge is 2.20. The minimum absolute atomic E-state index is 0.0853. The minimum Gasteiger partial charge on any atom is -0.444 e. The third kappa shape index (κ3) is 7.71. The van der Waals surface area contributed by atoms with E-state index in [1.165, 1.54) is 0 Å². The van der Waals surface area contributed by atoms with Gasteiger partial charge in [0.1, 0.15) is 5.60 Å². The topological polar surface area (TPSA) is 50.4 Å². The van der Waals surface area contributed by atoms with Gasteiger partial charge in [-0.05, 0) is 39.3 Å². The molecular formula is C17H28N2O2. The lowest BCUT2D eigenvalue weighted by molar-refractivity contribution is 0.0503. The van der Waals surface area contributed by atoms with Crippen LogP contribution in [-0.4, -0.2) is 24.8 Å². The second-order valence-electron chi connectivity index (χ2n) is 6.17. The molecule has 21 heavy (non-hydrogen) atoms. The normalized spacial score (nSPS) is 12.8. The van der Waals surface area contributed by atoms with E-state index in [-0.39, 0.29) is 12.1 Å². The monoisotopic (exact) mass is 292 g/mol. The highest BCUT2D eigenvalue weighted by Crippen LogP contribution is 2.14. The lowest BCUT2D eigenvalue weighted by atomic mass is 10.1. The molecule has 0 spiro atoms. The van der Waals surface area contributed by atoms with Gasteiger partial charge in [-0.25, -0.2) is 4.79 Å². The van der Waals surface area contributed by atoms with E-state index in [9.17, 15) is 4.79 Å². The van der Waals surface area contributed by atoms with Crippen LogP contribution in [0.1, 0.15) is 52.1 Å². The van der Waals surface area contributed by atoms with E-state index in [4.69, 9.17) is 4.74 Å². The van der Waals surface area contributed by atoms with Gasteiger partial charge in [0, 0.05) is 6.54 Å². The second kappa shape index (κ2) is 8.67. The SMILES string of the molecule is CCCCNCC(NC(=O)OC(C)(C)C)c1ccccc1. The Balaban J connectivity index is 2.62. The summed E-state index contributed by atoms with van der Waals surface area (Å²) in [6, 6.07) is 9.87. The van der Waals surface area contributed by atoms with Crippen LogP contribution in [0.5, 0.6) is 0 Å². The molecule has 0 bridgehead atoms. The zero-order chi connectivity index (χ0) is 15.7. The highest BCUT2D eigenvalue weighted by atomic mass is 16.6. The van der Waals surface area contributed by atoms with E-state index in [0.29, 0.717) is 6.54 Å². The van der Waals surface area contributed by atoms with Crippen LogP contribution in [-0.2, 0) is 4.74 Å². The molecule has 1 aromatic rings. The number of carbonyl (C=O) groups is 1. The van der Waals surface area contributed by atoms with Crippen LogP contribution in [0.25, 0.3) is 0 Å². The van der Waals surface area contributed by atoms with Crippen molar-refractivity contribution in [2.45, 2.75) is 52.2 Å². The molecule has 1 rings (SSSR count). The number of hydrogen-bond donors (Lipinski definition) is 2. The predicted octanol–water partition coefficient (Wildman–Crippen LogP) is 3.64. The zero-order valence-corrected chi connectivity index (χ0v) is 13.6. The summed E-state index contributed by atoms with van der Waals surface area (Å²) in [6.07, 6.45) is 1.91. The number of rotatable bonds is 7. The van der Waals surface area contributed by atoms with Crippen molar-refractivity contribution in [3.8, 4) is 0 Å². The molecule has 0 radical (unpaired) electrons. The van der Waals surface area contributed by atoms with Crippen molar-refractivity contribution in [1.29, 1.82) is 0 Å².